The Balaban J connectivity index is 1.56. The van der Waals surface area contributed by atoms with Crippen molar-refractivity contribution in [2.75, 3.05) is 11.1 Å². The second-order valence-corrected chi connectivity index (χ2v) is 8.73. The Morgan fingerprint density at radius 2 is 1.96 bits per heavy atom. The maximum absolute atomic E-state index is 12.1. The molecule has 3 rings (SSSR count). The summed E-state index contributed by atoms with van der Waals surface area (Å²) in [6.45, 7) is 6.82. The first-order valence-corrected chi connectivity index (χ1v) is 11.4. The summed E-state index contributed by atoms with van der Waals surface area (Å²) in [5.41, 5.74) is 2.16. The highest BCUT2D eigenvalue weighted by Crippen LogP contribution is 2.25. The van der Waals surface area contributed by atoms with E-state index >= 15 is 0 Å². The summed E-state index contributed by atoms with van der Waals surface area (Å²) < 4.78 is 2.06. The van der Waals surface area contributed by atoms with Crippen LogP contribution in [-0.4, -0.2) is 31.4 Å². The van der Waals surface area contributed by atoms with Gasteiger partial charge in [0.25, 0.3) is 0 Å². The van der Waals surface area contributed by atoms with Crippen LogP contribution in [0.25, 0.3) is 0 Å². The Hall–Kier alpha value is -1.84. The number of carbonyl (C=O) groups excluding carboxylic acids is 1. The SMILES string of the molecule is CCn1c(CSc2ccc(C)cc2)nnc1SCC(=O)Nc1nc(C)cs1. The maximum atomic E-state index is 12.1. The minimum Gasteiger partial charge on any atom is -0.306 e. The summed E-state index contributed by atoms with van der Waals surface area (Å²) in [5.74, 6) is 1.86. The van der Waals surface area contributed by atoms with Crippen molar-refractivity contribution in [3.05, 3.63) is 46.7 Å². The molecular weight excluding hydrogens is 398 g/mol. The van der Waals surface area contributed by atoms with E-state index in [1.807, 2.05) is 12.3 Å². The monoisotopic (exact) mass is 419 g/mol. The molecule has 0 aliphatic heterocycles. The molecule has 0 bridgehead atoms. The average Bonchev–Trinajstić information content (AvgIpc) is 3.24. The summed E-state index contributed by atoms with van der Waals surface area (Å²) >= 11 is 4.56. The number of hydrogen-bond donors (Lipinski definition) is 1. The summed E-state index contributed by atoms with van der Waals surface area (Å²) in [6.07, 6.45) is 0. The highest BCUT2D eigenvalue weighted by atomic mass is 32.2. The lowest BCUT2D eigenvalue weighted by Crippen LogP contribution is -2.14. The molecule has 1 aromatic carbocycles. The number of aromatic nitrogens is 4. The fourth-order valence-electron chi connectivity index (χ4n) is 2.33. The molecule has 2 heterocycles. The van der Waals surface area contributed by atoms with Gasteiger partial charge in [0.05, 0.1) is 17.2 Å². The predicted octanol–water partition coefficient (Wildman–Crippen LogP) is 4.39. The first kappa shape index (κ1) is 19.9. The molecule has 0 spiro atoms. The van der Waals surface area contributed by atoms with Crippen LogP contribution in [0.3, 0.4) is 0 Å². The fraction of sp³-hybridized carbons (Fsp3) is 0.333. The number of benzene rings is 1. The van der Waals surface area contributed by atoms with Crippen LogP contribution in [-0.2, 0) is 17.1 Å². The van der Waals surface area contributed by atoms with Crippen molar-refractivity contribution in [2.24, 2.45) is 0 Å². The molecule has 9 heteroatoms. The van der Waals surface area contributed by atoms with Crippen LogP contribution in [0.15, 0.2) is 39.7 Å². The molecule has 0 saturated carbocycles. The van der Waals surface area contributed by atoms with Gasteiger partial charge in [-0.1, -0.05) is 29.5 Å². The van der Waals surface area contributed by atoms with Gasteiger partial charge in [-0.15, -0.1) is 33.3 Å². The molecule has 1 N–H and O–H groups in total. The van der Waals surface area contributed by atoms with Crippen molar-refractivity contribution < 1.29 is 4.79 Å². The average molecular weight is 420 g/mol. The third-order valence-corrected chi connectivity index (χ3v) is 6.55. The molecule has 0 radical (unpaired) electrons. The summed E-state index contributed by atoms with van der Waals surface area (Å²) in [5, 5.41) is 14.7. The van der Waals surface area contributed by atoms with Gasteiger partial charge in [-0.25, -0.2) is 4.98 Å². The van der Waals surface area contributed by atoms with Gasteiger partial charge in [-0.3, -0.25) is 4.79 Å². The molecule has 0 unspecified atom stereocenters. The Bertz CT molecular complexity index is 904. The number of thiazole rings is 1. The first-order chi connectivity index (χ1) is 13.0. The standard InChI is InChI=1S/C18H21N5OS3/c1-4-23-15(10-25-14-7-5-12(2)6-8-14)21-22-18(23)27-11-16(24)20-17-19-13(3)9-26-17/h5-9H,4,10-11H2,1-3H3,(H,19,20,24). The number of nitrogens with zero attached hydrogens (tertiary/aromatic N) is 4. The van der Waals surface area contributed by atoms with E-state index < -0.39 is 0 Å². The number of anilines is 1. The van der Waals surface area contributed by atoms with Gasteiger partial charge in [-0.05, 0) is 32.9 Å². The van der Waals surface area contributed by atoms with Crippen LogP contribution in [0, 0.1) is 13.8 Å². The van der Waals surface area contributed by atoms with Crippen LogP contribution < -0.4 is 5.32 Å². The lowest BCUT2D eigenvalue weighted by atomic mass is 10.2. The van der Waals surface area contributed by atoms with Gasteiger partial charge in [0.15, 0.2) is 10.3 Å². The largest absolute Gasteiger partial charge is 0.306 e. The van der Waals surface area contributed by atoms with Crippen molar-refractivity contribution in [1.82, 2.24) is 19.7 Å². The number of amides is 1. The van der Waals surface area contributed by atoms with Crippen molar-refractivity contribution in [2.45, 2.75) is 43.1 Å². The van der Waals surface area contributed by atoms with Crippen molar-refractivity contribution in [3.8, 4) is 0 Å². The second kappa shape index (κ2) is 9.38. The van der Waals surface area contributed by atoms with Crippen LogP contribution >= 0.6 is 34.9 Å². The predicted molar refractivity (Wildman–Crippen MR) is 113 cm³/mol. The number of hydrogen-bond acceptors (Lipinski definition) is 7. The molecule has 0 saturated heterocycles. The van der Waals surface area contributed by atoms with Crippen LogP contribution in [0.1, 0.15) is 24.0 Å². The quantitative estimate of drug-likeness (QED) is 0.546. The Kier molecular flexibility index (Phi) is 6.92. The van der Waals surface area contributed by atoms with E-state index in [2.05, 4.69) is 63.2 Å². The smallest absolute Gasteiger partial charge is 0.236 e. The number of aryl methyl sites for hydroxylation is 2. The lowest BCUT2D eigenvalue weighted by molar-refractivity contribution is -0.113. The molecule has 6 nitrogen and oxygen atoms in total. The number of carbonyl (C=O) groups is 1. The van der Waals surface area contributed by atoms with Crippen molar-refractivity contribution >= 4 is 45.9 Å². The normalized spacial score (nSPS) is 10.9. The zero-order valence-corrected chi connectivity index (χ0v) is 17.9. The van der Waals surface area contributed by atoms with Crippen molar-refractivity contribution in [3.63, 3.8) is 0 Å². The maximum Gasteiger partial charge on any atom is 0.236 e. The molecular formula is C18H21N5OS3. The molecule has 2 aromatic heterocycles. The topological polar surface area (TPSA) is 72.7 Å². The van der Waals surface area contributed by atoms with Crippen LogP contribution in [0.2, 0.25) is 0 Å². The first-order valence-electron chi connectivity index (χ1n) is 8.51. The molecule has 3 aromatic rings. The number of rotatable bonds is 8. The fourth-order valence-corrected chi connectivity index (χ4v) is 4.69. The zero-order chi connectivity index (χ0) is 19.2. The van der Waals surface area contributed by atoms with E-state index in [-0.39, 0.29) is 11.7 Å². The van der Waals surface area contributed by atoms with Gasteiger partial charge in [0.2, 0.25) is 5.91 Å². The minimum absolute atomic E-state index is 0.0874. The summed E-state index contributed by atoms with van der Waals surface area (Å²) in [6, 6.07) is 8.45. The third-order valence-electron chi connectivity index (χ3n) is 3.70. The van der Waals surface area contributed by atoms with Crippen LogP contribution in [0.5, 0.6) is 0 Å². The molecule has 0 fully saturated rings. The highest BCUT2D eigenvalue weighted by molar-refractivity contribution is 7.99. The van der Waals surface area contributed by atoms with Crippen LogP contribution in [0.4, 0.5) is 5.13 Å². The minimum atomic E-state index is -0.0874. The Morgan fingerprint density at radius 1 is 1.19 bits per heavy atom. The Labute approximate surface area is 171 Å². The zero-order valence-electron chi connectivity index (χ0n) is 15.4. The summed E-state index contributed by atoms with van der Waals surface area (Å²) in [4.78, 5) is 17.6. The second-order valence-electron chi connectivity index (χ2n) is 5.88. The molecule has 142 valence electrons. The van der Waals surface area contributed by atoms with E-state index in [9.17, 15) is 4.79 Å². The van der Waals surface area contributed by atoms with E-state index in [0.717, 1.165) is 29.0 Å². The molecule has 27 heavy (non-hydrogen) atoms. The third kappa shape index (κ3) is 5.57. The van der Waals surface area contributed by atoms with E-state index in [0.29, 0.717) is 5.13 Å². The molecule has 1 amide bonds. The van der Waals surface area contributed by atoms with Gasteiger partial charge in [0.1, 0.15) is 5.82 Å². The molecule has 0 aliphatic rings. The molecule has 0 aliphatic carbocycles. The van der Waals surface area contributed by atoms with Crippen molar-refractivity contribution in [1.29, 1.82) is 0 Å². The molecule has 0 atom stereocenters. The number of thioether (sulfide) groups is 2. The van der Waals surface area contributed by atoms with Gasteiger partial charge in [0, 0.05) is 16.8 Å². The number of nitrogens with one attached hydrogen (secondary N) is 1. The van der Waals surface area contributed by atoms with E-state index in [4.69, 9.17) is 0 Å². The Morgan fingerprint density at radius 3 is 2.63 bits per heavy atom. The van der Waals surface area contributed by atoms with Gasteiger partial charge >= 0.3 is 0 Å². The van der Waals surface area contributed by atoms with E-state index in [1.165, 1.54) is 33.6 Å². The summed E-state index contributed by atoms with van der Waals surface area (Å²) in [7, 11) is 0. The highest BCUT2D eigenvalue weighted by Gasteiger charge is 2.14. The van der Waals surface area contributed by atoms with E-state index in [1.54, 1.807) is 11.8 Å². The lowest BCUT2D eigenvalue weighted by Gasteiger charge is -2.07. The van der Waals surface area contributed by atoms with Gasteiger partial charge < -0.3 is 9.88 Å². The van der Waals surface area contributed by atoms with Gasteiger partial charge in [-0.2, -0.15) is 0 Å².